The minimum atomic E-state index is -4.78. The van der Waals surface area contributed by atoms with E-state index in [1.54, 1.807) is 24.3 Å². The Bertz CT molecular complexity index is 634. The zero-order chi connectivity index (χ0) is 18.0. The van der Waals surface area contributed by atoms with E-state index in [9.17, 15) is 23.1 Å². The number of carbonyl (C=O) groups excluding carboxylic acids is 1. The van der Waals surface area contributed by atoms with Gasteiger partial charge in [0.1, 0.15) is 6.04 Å². The molecule has 0 fully saturated rings. The van der Waals surface area contributed by atoms with Crippen LogP contribution in [-0.4, -0.2) is 46.9 Å². The summed E-state index contributed by atoms with van der Waals surface area (Å²) >= 11 is 0.892. The molecule has 0 amide bonds. The highest BCUT2D eigenvalue weighted by Gasteiger charge is 2.56. The number of aliphatic imine (C=N–C) groups is 1. The molecular formula is C15H17F3N2O3S. The summed E-state index contributed by atoms with van der Waals surface area (Å²) in [6.07, 6.45) is -4.28. The molecule has 0 aliphatic carbocycles. The summed E-state index contributed by atoms with van der Waals surface area (Å²) in [6, 6.07) is 6.18. The first-order chi connectivity index (χ1) is 11.1. The minimum absolute atomic E-state index is 0.201. The highest BCUT2D eigenvalue weighted by molar-refractivity contribution is 8.14. The summed E-state index contributed by atoms with van der Waals surface area (Å²) in [6.45, 7) is 0. The van der Waals surface area contributed by atoms with Gasteiger partial charge in [0.05, 0.1) is 17.9 Å². The number of methoxy groups -OCH3 is 1. The molecule has 0 aromatic heterocycles. The number of hydrogen-bond acceptors (Lipinski definition) is 6. The fourth-order valence-electron chi connectivity index (χ4n) is 2.15. The van der Waals surface area contributed by atoms with Crippen molar-refractivity contribution in [3.05, 3.63) is 35.4 Å². The maximum absolute atomic E-state index is 12.7. The molecular weight excluding hydrogens is 345 g/mol. The predicted molar refractivity (Wildman–Crippen MR) is 84.7 cm³/mol. The Morgan fingerprint density at radius 1 is 1.42 bits per heavy atom. The molecule has 0 bridgehead atoms. The van der Waals surface area contributed by atoms with Gasteiger partial charge in [0.25, 0.3) is 5.72 Å². The summed E-state index contributed by atoms with van der Waals surface area (Å²) in [5.74, 6) is -1.04. The third-order valence-electron chi connectivity index (χ3n) is 3.54. The lowest BCUT2D eigenvalue weighted by molar-refractivity contribution is -0.245. The lowest BCUT2D eigenvalue weighted by Gasteiger charge is -2.21. The molecule has 1 aliphatic heterocycles. The van der Waals surface area contributed by atoms with Gasteiger partial charge in [-0.05, 0) is 17.5 Å². The molecule has 132 valence electrons. The Morgan fingerprint density at radius 3 is 2.50 bits per heavy atom. The van der Waals surface area contributed by atoms with Gasteiger partial charge in [-0.25, -0.2) is 4.99 Å². The van der Waals surface area contributed by atoms with Gasteiger partial charge in [-0.3, -0.25) is 4.79 Å². The molecule has 1 heterocycles. The van der Waals surface area contributed by atoms with Crippen molar-refractivity contribution in [2.45, 2.75) is 30.8 Å². The number of halogens is 3. The number of carbonyl (C=O) groups is 1. The Morgan fingerprint density at radius 2 is 2.00 bits per heavy atom. The highest BCUT2D eigenvalue weighted by atomic mass is 32.2. The minimum Gasteiger partial charge on any atom is -0.468 e. The molecule has 0 saturated carbocycles. The zero-order valence-electron chi connectivity index (χ0n) is 12.8. The number of thioether (sulfide) groups is 1. The molecule has 2 atom stereocenters. The molecule has 0 spiro atoms. The van der Waals surface area contributed by atoms with E-state index in [2.05, 4.69) is 9.73 Å². The van der Waals surface area contributed by atoms with Gasteiger partial charge in [0.2, 0.25) is 0 Å². The molecule has 0 radical (unpaired) electrons. The molecule has 1 aromatic carbocycles. The van der Waals surface area contributed by atoms with E-state index in [1.165, 1.54) is 7.11 Å². The number of esters is 1. The van der Waals surface area contributed by atoms with E-state index in [0.717, 1.165) is 22.9 Å². The van der Waals surface area contributed by atoms with E-state index in [1.807, 2.05) is 0 Å². The van der Waals surface area contributed by atoms with Crippen LogP contribution < -0.4 is 5.73 Å². The van der Waals surface area contributed by atoms with E-state index in [4.69, 9.17) is 5.73 Å². The first-order valence-electron chi connectivity index (χ1n) is 7.06. The van der Waals surface area contributed by atoms with Gasteiger partial charge in [-0.2, -0.15) is 13.2 Å². The van der Waals surface area contributed by atoms with Crippen LogP contribution in [0.25, 0.3) is 0 Å². The van der Waals surface area contributed by atoms with Crippen molar-refractivity contribution < 1.29 is 27.8 Å². The van der Waals surface area contributed by atoms with Crippen LogP contribution in [0, 0.1) is 0 Å². The highest BCUT2D eigenvalue weighted by Crippen LogP contribution is 2.39. The summed E-state index contributed by atoms with van der Waals surface area (Å²) in [5.41, 5.74) is 4.23. The topological polar surface area (TPSA) is 84.9 Å². The molecule has 0 saturated heterocycles. The molecule has 9 heteroatoms. The normalized spacial score (nSPS) is 22.2. The van der Waals surface area contributed by atoms with Crippen molar-refractivity contribution >= 4 is 22.8 Å². The van der Waals surface area contributed by atoms with Crippen molar-refractivity contribution in [2.24, 2.45) is 10.7 Å². The molecule has 24 heavy (non-hydrogen) atoms. The number of nitrogens with two attached hydrogens (primary N) is 1. The molecule has 2 rings (SSSR count). The Balaban J connectivity index is 2.00. The summed E-state index contributed by atoms with van der Waals surface area (Å²) in [5, 5.41) is 9.73. The van der Waals surface area contributed by atoms with E-state index in [-0.39, 0.29) is 11.5 Å². The maximum Gasteiger partial charge on any atom is 0.439 e. The fraction of sp³-hybridized carbons (Fsp3) is 0.467. The van der Waals surface area contributed by atoms with Crippen molar-refractivity contribution in [1.29, 1.82) is 0 Å². The van der Waals surface area contributed by atoms with Crippen molar-refractivity contribution in [3.8, 4) is 0 Å². The summed E-state index contributed by atoms with van der Waals surface area (Å²) < 4.78 is 42.7. The van der Waals surface area contributed by atoms with Crippen LogP contribution in [0.4, 0.5) is 13.2 Å². The van der Waals surface area contributed by atoms with E-state index in [0.29, 0.717) is 6.42 Å². The first kappa shape index (κ1) is 18.8. The Hall–Kier alpha value is -1.58. The third kappa shape index (κ3) is 4.28. The van der Waals surface area contributed by atoms with Crippen LogP contribution in [0.15, 0.2) is 29.3 Å². The van der Waals surface area contributed by atoms with Crippen LogP contribution in [0.1, 0.15) is 11.1 Å². The zero-order valence-corrected chi connectivity index (χ0v) is 13.7. The molecule has 1 aliphatic rings. The lowest BCUT2D eigenvalue weighted by atomic mass is 10.0. The molecule has 3 N–H and O–H groups in total. The third-order valence-corrected chi connectivity index (χ3v) is 4.66. The monoisotopic (exact) mass is 362 g/mol. The van der Waals surface area contributed by atoms with Crippen LogP contribution in [0.2, 0.25) is 0 Å². The molecule has 1 aromatic rings. The predicted octanol–water partition coefficient (Wildman–Crippen LogP) is 1.67. The van der Waals surface area contributed by atoms with Crippen LogP contribution in [0.3, 0.4) is 0 Å². The van der Waals surface area contributed by atoms with Crippen LogP contribution in [0.5, 0.6) is 0 Å². The Kier molecular flexibility index (Phi) is 5.56. The maximum atomic E-state index is 12.7. The Labute approximate surface area is 141 Å². The largest absolute Gasteiger partial charge is 0.468 e. The van der Waals surface area contributed by atoms with Gasteiger partial charge >= 0.3 is 12.1 Å². The second-order valence-corrected chi connectivity index (χ2v) is 6.48. The van der Waals surface area contributed by atoms with Gasteiger partial charge in [-0.1, -0.05) is 24.3 Å². The van der Waals surface area contributed by atoms with Gasteiger partial charge in [0.15, 0.2) is 0 Å². The number of aliphatic hydroxyl groups is 1. The lowest BCUT2D eigenvalue weighted by Crippen LogP contribution is -2.43. The fourth-order valence-corrected chi connectivity index (χ4v) is 3.23. The summed E-state index contributed by atoms with van der Waals surface area (Å²) in [4.78, 5) is 14.7. The van der Waals surface area contributed by atoms with Gasteiger partial charge in [-0.15, -0.1) is 11.8 Å². The van der Waals surface area contributed by atoms with E-state index < -0.39 is 29.7 Å². The standard InChI is InChI=1S/C15H17F3N2O3S/c1-23-13(21)11(19)6-9-2-4-10(5-3-9)7-12-20-14(22,8-24-12)15(16,17)18/h2-5,11,22H,6-8,19H2,1H3/t11-,14?/m0/s1. The average molecular weight is 362 g/mol. The van der Waals surface area contributed by atoms with Gasteiger partial charge < -0.3 is 15.6 Å². The van der Waals surface area contributed by atoms with Crippen molar-refractivity contribution in [2.75, 3.05) is 12.9 Å². The van der Waals surface area contributed by atoms with Gasteiger partial charge in [0, 0.05) is 6.42 Å². The number of alkyl halides is 3. The van der Waals surface area contributed by atoms with Crippen molar-refractivity contribution in [3.63, 3.8) is 0 Å². The number of rotatable bonds is 5. The number of hydrogen-bond donors (Lipinski definition) is 2. The average Bonchev–Trinajstić information content (AvgIpc) is 2.90. The van der Waals surface area contributed by atoms with E-state index >= 15 is 0 Å². The second-order valence-electron chi connectivity index (χ2n) is 5.44. The number of ether oxygens (including phenoxy) is 1. The number of nitrogens with zero attached hydrogens (tertiary/aromatic N) is 1. The van der Waals surface area contributed by atoms with Crippen LogP contribution in [-0.2, 0) is 22.4 Å². The van der Waals surface area contributed by atoms with Crippen LogP contribution >= 0.6 is 11.8 Å². The molecule has 5 nitrogen and oxygen atoms in total. The second kappa shape index (κ2) is 7.12. The number of benzene rings is 1. The smallest absolute Gasteiger partial charge is 0.439 e. The quantitative estimate of drug-likeness (QED) is 0.779. The summed E-state index contributed by atoms with van der Waals surface area (Å²) in [7, 11) is 1.26. The first-order valence-corrected chi connectivity index (χ1v) is 8.05. The molecule has 1 unspecified atom stereocenters. The van der Waals surface area contributed by atoms with Crippen molar-refractivity contribution in [1.82, 2.24) is 0 Å². The SMILES string of the molecule is COC(=O)[C@@H](N)Cc1ccc(CC2=NC(O)(C(F)(F)F)CS2)cc1.